The lowest BCUT2D eigenvalue weighted by Gasteiger charge is -2.20. The van der Waals surface area contributed by atoms with Crippen molar-refractivity contribution in [2.75, 3.05) is 9.62 Å². The Morgan fingerprint density at radius 2 is 1.94 bits per heavy atom. The number of anilines is 2. The first-order valence-electron chi connectivity index (χ1n) is 9.35. The largest absolute Gasteiger partial charge is 0.307 e. The van der Waals surface area contributed by atoms with Crippen LogP contribution in [0.4, 0.5) is 15.2 Å². The quantitative estimate of drug-likeness (QED) is 0.462. The number of aromatic nitrogens is 1. The molecule has 1 N–H and O–H groups in total. The number of sulfonamides is 1. The topological polar surface area (TPSA) is 79.4 Å². The monoisotopic (exact) mass is 531 g/mol. The van der Waals surface area contributed by atoms with E-state index in [-0.39, 0.29) is 28.2 Å². The van der Waals surface area contributed by atoms with Gasteiger partial charge in [-0.25, -0.2) is 17.8 Å². The lowest BCUT2D eigenvalue weighted by Crippen LogP contribution is -2.31. The van der Waals surface area contributed by atoms with Crippen molar-refractivity contribution >= 4 is 72.9 Å². The number of carbonyl (C=O) groups excluding carboxylic acids is 1. The molecule has 1 aliphatic carbocycles. The maximum atomic E-state index is 14.9. The van der Waals surface area contributed by atoms with Crippen molar-refractivity contribution in [3.05, 3.63) is 67.9 Å². The Morgan fingerprint density at radius 1 is 1.19 bits per heavy atom. The van der Waals surface area contributed by atoms with Gasteiger partial charge in [0.2, 0.25) is 5.91 Å². The molecule has 0 saturated heterocycles. The molecule has 6 nitrogen and oxygen atoms in total. The molecule has 2 aromatic carbocycles. The van der Waals surface area contributed by atoms with Gasteiger partial charge in [0, 0.05) is 27.9 Å². The second kappa shape index (κ2) is 7.56. The molecule has 1 spiro atoms. The van der Waals surface area contributed by atoms with Gasteiger partial charge in [-0.2, -0.15) is 0 Å². The van der Waals surface area contributed by atoms with E-state index >= 15 is 0 Å². The van der Waals surface area contributed by atoms with Crippen LogP contribution < -0.4 is 9.62 Å². The zero-order valence-corrected chi connectivity index (χ0v) is 19.9. The maximum absolute atomic E-state index is 14.9. The second-order valence-corrected chi connectivity index (χ2v) is 11.3. The minimum absolute atomic E-state index is 0.0112. The molecule has 1 aromatic heterocycles. The first-order chi connectivity index (χ1) is 15.1. The van der Waals surface area contributed by atoms with Crippen LogP contribution >= 0.6 is 46.1 Å². The molecule has 1 aliphatic heterocycles. The number of hydrogen-bond donors (Lipinski definition) is 1. The van der Waals surface area contributed by atoms with Crippen molar-refractivity contribution in [3.8, 4) is 0 Å². The number of hydrogen-bond acceptors (Lipinski definition) is 5. The molecule has 32 heavy (non-hydrogen) atoms. The number of nitrogens with zero attached hydrogens (tertiary/aromatic N) is 2. The van der Waals surface area contributed by atoms with Crippen LogP contribution in [0.15, 0.2) is 40.7 Å². The van der Waals surface area contributed by atoms with Gasteiger partial charge in [-0.1, -0.05) is 34.8 Å². The average molecular weight is 533 g/mol. The molecular formula is C20H13Cl3FN3O3S2. The lowest BCUT2D eigenvalue weighted by molar-refractivity contribution is -0.120. The van der Waals surface area contributed by atoms with Gasteiger partial charge < -0.3 is 4.90 Å². The third-order valence-electron chi connectivity index (χ3n) is 5.62. The molecule has 5 rings (SSSR count). The summed E-state index contributed by atoms with van der Waals surface area (Å²) in [5.41, 5.74) is 0.838. The van der Waals surface area contributed by atoms with Crippen LogP contribution in [-0.4, -0.2) is 19.3 Å². The van der Waals surface area contributed by atoms with Crippen molar-refractivity contribution < 1.29 is 17.6 Å². The zero-order valence-electron chi connectivity index (χ0n) is 16.0. The highest BCUT2D eigenvalue weighted by Crippen LogP contribution is 2.60. The summed E-state index contributed by atoms with van der Waals surface area (Å²) in [5, 5.41) is 2.40. The fraction of sp³-hybridized carbons (Fsp3) is 0.200. The van der Waals surface area contributed by atoms with E-state index in [2.05, 4.69) is 9.71 Å². The lowest BCUT2D eigenvalue weighted by atomic mass is 9.98. The highest BCUT2D eigenvalue weighted by Gasteiger charge is 2.60. The molecule has 1 saturated carbocycles. The maximum Gasteiger partial charge on any atom is 0.266 e. The zero-order chi connectivity index (χ0) is 22.8. The summed E-state index contributed by atoms with van der Waals surface area (Å²) >= 11 is 20.0. The van der Waals surface area contributed by atoms with Gasteiger partial charge in [0.25, 0.3) is 10.0 Å². The van der Waals surface area contributed by atoms with Crippen molar-refractivity contribution in [1.29, 1.82) is 0 Å². The summed E-state index contributed by atoms with van der Waals surface area (Å²) in [4.78, 5) is 17.9. The van der Waals surface area contributed by atoms with Gasteiger partial charge in [-0.3, -0.25) is 9.52 Å². The highest BCUT2D eigenvalue weighted by atomic mass is 35.5. The first-order valence-corrected chi connectivity index (χ1v) is 12.8. The number of thiazole rings is 1. The van der Waals surface area contributed by atoms with E-state index in [9.17, 15) is 17.6 Å². The summed E-state index contributed by atoms with van der Waals surface area (Å²) < 4.78 is 42.2. The Balaban J connectivity index is 1.50. The van der Waals surface area contributed by atoms with Crippen molar-refractivity contribution in [1.82, 2.24) is 4.98 Å². The average Bonchev–Trinajstić information content (AvgIpc) is 3.31. The van der Waals surface area contributed by atoms with Crippen LogP contribution in [0.25, 0.3) is 0 Å². The van der Waals surface area contributed by atoms with Crippen LogP contribution in [0.2, 0.25) is 15.1 Å². The van der Waals surface area contributed by atoms with Crippen LogP contribution in [0, 0.1) is 5.82 Å². The van der Waals surface area contributed by atoms with Gasteiger partial charge in [-0.05, 0) is 42.7 Å². The summed E-state index contributed by atoms with van der Waals surface area (Å²) in [7, 11) is -4.23. The first kappa shape index (κ1) is 21.9. The third-order valence-corrected chi connectivity index (χ3v) is 8.95. The molecule has 0 unspecified atom stereocenters. The summed E-state index contributed by atoms with van der Waals surface area (Å²) in [6, 6.07) is 5.37. The number of benzene rings is 2. The third kappa shape index (κ3) is 3.38. The molecule has 1 amide bonds. The van der Waals surface area contributed by atoms with Crippen LogP contribution in [-0.2, 0) is 26.8 Å². The van der Waals surface area contributed by atoms with Gasteiger partial charge in [0.05, 0.1) is 22.0 Å². The molecule has 2 aliphatic rings. The van der Waals surface area contributed by atoms with Crippen molar-refractivity contribution in [3.63, 3.8) is 0 Å². The van der Waals surface area contributed by atoms with E-state index < -0.39 is 26.2 Å². The molecule has 3 aromatic rings. The van der Waals surface area contributed by atoms with E-state index in [0.29, 0.717) is 34.1 Å². The number of halogens is 4. The smallest absolute Gasteiger partial charge is 0.266 e. The molecule has 166 valence electrons. The number of rotatable bonds is 5. The minimum Gasteiger partial charge on any atom is -0.307 e. The normalized spacial score (nSPS) is 16.5. The van der Waals surface area contributed by atoms with Crippen molar-refractivity contribution in [2.45, 2.75) is 29.7 Å². The van der Waals surface area contributed by atoms with E-state index in [4.69, 9.17) is 34.8 Å². The molecular weight excluding hydrogens is 520 g/mol. The van der Waals surface area contributed by atoms with E-state index in [0.717, 1.165) is 23.5 Å². The van der Waals surface area contributed by atoms with Gasteiger partial charge >= 0.3 is 0 Å². The number of amides is 1. The van der Waals surface area contributed by atoms with Gasteiger partial charge in [-0.15, -0.1) is 11.3 Å². The van der Waals surface area contributed by atoms with Gasteiger partial charge in [0.1, 0.15) is 10.7 Å². The van der Waals surface area contributed by atoms with Crippen molar-refractivity contribution in [2.24, 2.45) is 0 Å². The Hall–Kier alpha value is -1.91. The molecule has 1 fully saturated rings. The van der Waals surface area contributed by atoms with E-state index in [1.165, 1.54) is 11.1 Å². The van der Waals surface area contributed by atoms with E-state index in [1.54, 1.807) is 17.5 Å². The molecule has 0 bridgehead atoms. The van der Waals surface area contributed by atoms with Crippen LogP contribution in [0.3, 0.4) is 0 Å². The standard InChI is InChI=1S/C20H13Cl3FN3O3S2/c21-11-1-2-14-16(17(11)23)20(3-4-20)18(28)27(14)9-10-7-13(24)15(8-12(10)22)32(29,30)26-19-25-5-6-31-19/h1-2,5-8H,3-4,9H2,(H,25,26). The van der Waals surface area contributed by atoms with Crippen LogP contribution in [0.1, 0.15) is 24.0 Å². The summed E-state index contributed by atoms with van der Waals surface area (Å²) in [6.45, 7) is -0.0401. The van der Waals surface area contributed by atoms with E-state index in [1.807, 2.05) is 0 Å². The number of fused-ring (bicyclic) bond motifs is 2. The Labute approximate surface area is 202 Å². The minimum atomic E-state index is -4.23. The Morgan fingerprint density at radius 3 is 2.59 bits per heavy atom. The summed E-state index contributed by atoms with van der Waals surface area (Å²) in [5.74, 6) is -1.15. The molecule has 2 heterocycles. The number of carbonyl (C=O) groups is 1. The fourth-order valence-corrected chi connectivity index (χ4v) is 6.61. The Kier molecular flexibility index (Phi) is 5.18. The predicted octanol–water partition coefficient (Wildman–Crippen LogP) is 5.62. The summed E-state index contributed by atoms with van der Waals surface area (Å²) in [6.07, 6.45) is 2.72. The second-order valence-electron chi connectivity index (χ2n) is 7.55. The molecule has 0 radical (unpaired) electrons. The van der Waals surface area contributed by atoms with Crippen LogP contribution in [0.5, 0.6) is 0 Å². The fourth-order valence-electron chi connectivity index (χ4n) is 3.95. The SMILES string of the molecule is O=C1N(Cc2cc(F)c(S(=O)(=O)Nc3nccs3)cc2Cl)c2ccc(Cl)c(Cl)c2C12CC2. The van der Waals surface area contributed by atoms with Gasteiger partial charge in [0.15, 0.2) is 5.13 Å². The highest BCUT2D eigenvalue weighted by molar-refractivity contribution is 7.93. The number of nitrogens with one attached hydrogen (secondary N) is 1. The molecule has 0 atom stereocenters. The molecule has 12 heteroatoms. The Bertz CT molecular complexity index is 1380. The predicted molar refractivity (Wildman–Crippen MR) is 123 cm³/mol.